The van der Waals surface area contributed by atoms with Gasteiger partial charge in [0.2, 0.25) is 0 Å². The van der Waals surface area contributed by atoms with Gasteiger partial charge in [0.05, 0.1) is 0 Å². The molecule has 5 rings (SSSR count). The van der Waals surface area contributed by atoms with Gasteiger partial charge in [0.25, 0.3) is 0 Å². The van der Waals surface area contributed by atoms with Crippen molar-refractivity contribution < 1.29 is 0 Å². The van der Waals surface area contributed by atoms with Crippen LogP contribution in [0.2, 0.25) is 0 Å². The normalized spacial score (nSPS) is 12.0. The summed E-state index contributed by atoms with van der Waals surface area (Å²) < 4.78 is 0. The molecule has 21 heavy (non-hydrogen) atoms. The maximum Gasteiger partial charge on any atom is -0.00203 e. The molecule has 0 heterocycles. The fourth-order valence-corrected chi connectivity index (χ4v) is 3.70. The second kappa shape index (κ2) is 3.73. The van der Waals surface area contributed by atoms with E-state index in [4.69, 9.17) is 0 Å². The van der Waals surface area contributed by atoms with Crippen LogP contribution in [0, 0.1) is 6.92 Å². The molecule has 0 aliphatic carbocycles. The minimum absolute atomic E-state index is 1.32. The Bertz CT molecular complexity index is 1130. The van der Waals surface area contributed by atoms with Crippen molar-refractivity contribution in [3.63, 3.8) is 0 Å². The van der Waals surface area contributed by atoms with Gasteiger partial charge in [0.1, 0.15) is 0 Å². The standard InChI is InChI=1S/C21H14/c1-13-6-7-14-8-11-19-18-5-3-2-4-15(18)12-16-9-10-17(13)20(14)21(16)19/h2-12H,1H3. The average molecular weight is 266 g/mol. The summed E-state index contributed by atoms with van der Waals surface area (Å²) >= 11 is 0. The lowest BCUT2D eigenvalue weighted by atomic mass is 9.90. The highest BCUT2D eigenvalue weighted by Crippen LogP contribution is 2.39. The van der Waals surface area contributed by atoms with Crippen LogP contribution in [0.4, 0.5) is 0 Å². The monoisotopic (exact) mass is 266 g/mol. The van der Waals surface area contributed by atoms with Gasteiger partial charge in [-0.1, -0.05) is 60.7 Å². The van der Waals surface area contributed by atoms with Gasteiger partial charge in [-0.15, -0.1) is 0 Å². The Morgan fingerprint density at radius 2 is 1.24 bits per heavy atom. The van der Waals surface area contributed by atoms with Crippen LogP contribution in [0.3, 0.4) is 0 Å². The van der Waals surface area contributed by atoms with Gasteiger partial charge in [-0.3, -0.25) is 0 Å². The molecule has 0 heteroatoms. The van der Waals surface area contributed by atoms with Crippen LogP contribution in [-0.2, 0) is 0 Å². The number of benzene rings is 5. The van der Waals surface area contributed by atoms with E-state index in [1.807, 2.05) is 0 Å². The number of fused-ring (bicyclic) bond motifs is 2. The van der Waals surface area contributed by atoms with Crippen molar-refractivity contribution in [3.05, 3.63) is 72.3 Å². The van der Waals surface area contributed by atoms with E-state index >= 15 is 0 Å². The lowest BCUT2D eigenvalue weighted by Gasteiger charge is -2.14. The lowest BCUT2D eigenvalue weighted by Crippen LogP contribution is -1.87. The van der Waals surface area contributed by atoms with Gasteiger partial charge >= 0.3 is 0 Å². The van der Waals surface area contributed by atoms with E-state index in [0.29, 0.717) is 0 Å². The maximum atomic E-state index is 2.32. The molecule has 98 valence electrons. The second-order valence-electron chi connectivity index (χ2n) is 5.90. The molecule has 0 unspecified atom stereocenters. The number of hydrogen-bond donors (Lipinski definition) is 0. The molecule has 0 N–H and O–H groups in total. The van der Waals surface area contributed by atoms with Crippen LogP contribution >= 0.6 is 0 Å². The summed E-state index contributed by atoms with van der Waals surface area (Å²) in [6, 6.07) is 24.5. The predicted octanol–water partition coefficient (Wildman–Crippen LogP) is 6.05. The third-order valence-corrected chi connectivity index (χ3v) is 4.72. The Morgan fingerprint density at radius 1 is 0.524 bits per heavy atom. The topological polar surface area (TPSA) is 0 Å². The van der Waals surface area contributed by atoms with E-state index in [9.17, 15) is 0 Å². The van der Waals surface area contributed by atoms with Gasteiger partial charge in [0, 0.05) is 0 Å². The van der Waals surface area contributed by atoms with E-state index in [1.165, 1.54) is 48.7 Å². The first-order chi connectivity index (χ1) is 10.3. The van der Waals surface area contributed by atoms with Crippen LogP contribution in [-0.4, -0.2) is 0 Å². The molecule has 0 atom stereocenters. The van der Waals surface area contributed by atoms with Crippen molar-refractivity contribution >= 4 is 43.1 Å². The first-order valence-corrected chi connectivity index (χ1v) is 7.39. The Kier molecular flexibility index (Phi) is 1.97. The highest BCUT2D eigenvalue weighted by atomic mass is 14.1. The summed E-state index contributed by atoms with van der Waals surface area (Å²) in [5, 5.41) is 10.9. The molecule has 0 bridgehead atoms. The van der Waals surface area contributed by atoms with Gasteiger partial charge in [-0.25, -0.2) is 0 Å². The van der Waals surface area contributed by atoms with E-state index in [2.05, 4.69) is 73.7 Å². The highest BCUT2D eigenvalue weighted by molar-refractivity contribution is 6.29. The lowest BCUT2D eigenvalue weighted by molar-refractivity contribution is 1.55. The van der Waals surface area contributed by atoms with E-state index < -0.39 is 0 Å². The molecule has 0 aliphatic rings. The van der Waals surface area contributed by atoms with E-state index in [0.717, 1.165) is 0 Å². The molecule has 0 saturated carbocycles. The van der Waals surface area contributed by atoms with Crippen molar-refractivity contribution in [2.45, 2.75) is 6.92 Å². The summed E-state index contributed by atoms with van der Waals surface area (Å²) in [7, 11) is 0. The van der Waals surface area contributed by atoms with Crippen LogP contribution < -0.4 is 0 Å². The van der Waals surface area contributed by atoms with Crippen LogP contribution in [0.5, 0.6) is 0 Å². The summed E-state index contributed by atoms with van der Waals surface area (Å²) in [5.41, 5.74) is 1.35. The molecule has 0 amide bonds. The number of hydrogen-bond acceptors (Lipinski definition) is 0. The zero-order valence-corrected chi connectivity index (χ0v) is 11.9. The first kappa shape index (κ1) is 11.1. The van der Waals surface area contributed by atoms with Gasteiger partial charge in [-0.05, 0) is 61.6 Å². The summed E-state index contributed by atoms with van der Waals surface area (Å²) in [6.07, 6.45) is 0. The van der Waals surface area contributed by atoms with Gasteiger partial charge < -0.3 is 0 Å². The molecule has 0 aromatic heterocycles. The van der Waals surface area contributed by atoms with Crippen LogP contribution in [0.1, 0.15) is 5.56 Å². The summed E-state index contributed by atoms with van der Waals surface area (Å²) in [6.45, 7) is 2.20. The first-order valence-electron chi connectivity index (χ1n) is 7.39. The SMILES string of the molecule is Cc1ccc2ccc3c4ccccc4cc4ccc1c2c43. The van der Waals surface area contributed by atoms with Crippen LogP contribution in [0.15, 0.2) is 66.7 Å². The Balaban J connectivity index is 2.21. The molecule has 0 aliphatic heterocycles. The zero-order valence-electron chi connectivity index (χ0n) is 11.9. The second-order valence-corrected chi connectivity index (χ2v) is 5.90. The van der Waals surface area contributed by atoms with Crippen LogP contribution in [0.25, 0.3) is 43.1 Å². The van der Waals surface area contributed by atoms with Crippen molar-refractivity contribution in [3.8, 4) is 0 Å². The third-order valence-electron chi connectivity index (χ3n) is 4.72. The van der Waals surface area contributed by atoms with Crippen molar-refractivity contribution in [2.24, 2.45) is 0 Å². The largest absolute Gasteiger partial charge is 0.0616 e. The third kappa shape index (κ3) is 1.34. The molecule has 0 nitrogen and oxygen atoms in total. The number of rotatable bonds is 0. The molecule has 0 spiro atoms. The molecular weight excluding hydrogens is 252 g/mol. The van der Waals surface area contributed by atoms with Crippen molar-refractivity contribution in [2.75, 3.05) is 0 Å². The smallest absolute Gasteiger partial charge is 0.00203 e. The van der Waals surface area contributed by atoms with Crippen molar-refractivity contribution in [1.82, 2.24) is 0 Å². The van der Waals surface area contributed by atoms with Gasteiger partial charge in [0.15, 0.2) is 0 Å². The minimum Gasteiger partial charge on any atom is -0.0616 e. The Labute approximate surface area is 123 Å². The maximum absolute atomic E-state index is 2.32. The number of aryl methyl sites for hydroxylation is 1. The van der Waals surface area contributed by atoms with Crippen molar-refractivity contribution in [1.29, 1.82) is 0 Å². The molecule has 0 radical (unpaired) electrons. The molecule has 5 aromatic carbocycles. The Hall–Kier alpha value is -2.60. The molecular formula is C21H14. The molecule has 0 fully saturated rings. The average Bonchev–Trinajstić information content (AvgIpc) is 2.53. The fourth-order valence-electron chi connectivity index (χ4n) is 3.70. The predicted molar refractivity (Wildman–Crippen MR) is 92.4 cm³/mol. The fraction of sp³-hybridized carbons (Fsp3) is 0.0476. The van der Waals surface area contributed by atoms with E-state index in [-0.39, 0.29) is 0 Å². The summed E-state index contributed by atoms with van der Waals surface area (Å²) in [5.74, 6) is 0. The minimum atomic E-state index is 1.32. The quantitative estimate of drug-likeness (QED) is 0.236. The summed E-state index contributed by atoms with van der Waals surface area (Å²) in [4.78, 5) is 0. The molecule has 0 saturated heterocycles. The Morgan fingerprint density at radius 3 is 2.19 bits per heavy atom. The highest BCUT2D eigenvalue weighted by Gasteiger charge is 2.11. The zero-order chi connectivity index (χ0) is 14.0. The van der Waals surface area contributed by atoms with Gasteiger partial charge in [-0.2, -0.15) is 0 Å². The molecule has 5 aromatic rings. The van der Waals surface area contributed by atoms with E-state index in [1.54, 1.807) is 0 Å².